The summed E-state index contributed by atoms with van der Waals surface area (Å²) in [6, 6.07) is 15.1. The number of nitrogens with zero attached hydrogens (tertiary/aromatic N) is 5. The lowest BCUT2D eigenvalue weighted by Gasteiger charge is -2.28. The molecule has 6 rings (SSSR count). The van der Waals surface area contributed by atoms with Gasteiger partial charge in [0, 0.05) is 40.2 Å². The van der Waals surface area contributed by atoms with Gasteiger partial charge < -0.3 is 4.90 Å². The molecule has 212 valence electrons. The summed E-state index contributed by atoms with van der Waals surface area (Å²) < 4.78 is 45.8. The molecule has 1 fully saturated rings. The lowest BCUT2D eigenvalue weighted by molar-refractivity contribution is 0.212. The Bertz CT molecular complexity index is 1860. The maximum Gasteiger partial charge on any atom is 0.269 e. The number of likely N-dealkylation sites (tertiary alicyclic amines) is 1. The van der Waals surface area contributed by atoms with Crippen LogP contribution in [0, 0.1) is 12.7 Å². The van der Waals surface area contributed by atoms with Crippen molar-refractivity contribution in [1.29, 1.82) is 0 Å². The van der Waals surface area contributed by atoms with Gasteiger partial charge in [-0.3, -0.25) is 4.68 Å². The fraction of sp³-hybridized carbons (Fsp3) is 0.290. The second-order valence-electron chi connectivity index (χ2n) is 10.7. The number of halogens is 2. The number of hydrogen-bond donors (Lipinski definition) is 0. The van der Waals surface area contributed by atoms with Crippen LogP contribution in [0.15, 0.2) is 71.9 Å². The Morgan fingerprint density at radius 2 is 1.78 bits per heavy atom. The Kier molecular flexibility index (Phi) is 7.21. The van der Waals surface area contributed by atoms with Crippen molar-refractivity contribution < 1.29 is 12.8 Å². The Balaban J connectivity index is 1.56. The van der Waals surface area contributed by atoms with Crippen molar-refractivity contribution in [3.05, 3.63) is 89.2 Å². The van der Waals surface area contributed by atoms with Crippen molar-refractivity contribution in [2.75, 3.05) is 20.1 Å². The van der Waals surface area contributed by atoms with Gasteiger partial charge in [0.25, 0.3) is 10.0 Å². The predicted molar refractivity (Wildman–Crippen MR) is 160 cm³/mol. The summed E-state index contributed by atoms with van der Waals surface area (Å²) in [6.45, 7) is 5.78. The second-order valence-corrected chi connectivity index (χ2v) is 12.9. The largest absolute Gasteiger partial charge is 0.306 e. The molecule has 1 saturated heterocycles. The predicted octanol–water partition coefficient (Wildman–Crippen LogP) is 6.73. The highest BCUT2D eigenvalue weighted by Crippen LogP contribution is 2.40. The van der Waals surface area contributed by atoms with E-state index in [-0.39, 0.29) is 16.6 Å². The van der Waals surface area contributed by atoms with E-state index in [9.17, 15) is 12.8 Å². The highest BCUT2D eigenvalue weighted by molar-refractivity contribution is 7.90. The number of benzene rings is 2. The van der Waals surface area contributed by atoms with Crippen molar-refractivity contribution in [2.24, 2.45) is 0 Å². The summed E-state index contributed by atoms with van der Waals surface area (Å²) in [5.74, 6) is -0.404. The molecule has 0 spiro atoms. The highest BCUT2D eigenvalue weighted by Gasteiger charge is 2.29. The van der Waals surface area contributed by atoms with Crippen molar-refractivity contribution in [1.82, 2.24) is 23.6 Å². The van der Waals surface area contributed by atoms with Gasteiger partial charge in [-0.1, -0.05) is 48.4 Å². The van der Waals surface area contributed by atoms with Crippen LogP contribution in [-0.2, 0) is 16.4 Å². The van der Waals surface area contributed by atoms with Crippen LogP contribution in [0.1, 0.15) is 37.1 Å². The topological polar surface area (TPSA) is 73.0 Å². The van der Waals surface area contributed by atoms with Gasteiger partial charge in [0.05, 0.1) is 10.9 Å². The van der Waals surface area contributed by atoms with Gasteiger partial charge in [-0.25, -0.2) is 21.8 Å². The van der Waals surface area contributed by atoms with Crippen molar-refractivity contribution in [2.45, 2.75) is 44.0 Å². The van der Waals surface area contributed by atoms with Crippen LogP contribution in [0.3, 0.4) is 0 Å². The molecule has 0 saturated carbocycles. The van der Waals surface area contributed by atoms with Crippen LogP contribution >= 0.6 is 11.6 Å². The molecule has 41 heavy (non-hydrogen) atoms. The van der Waals surface area contributed by atoms with E-state index in [0.717, 1.165) is 37.1 Å². The zero-order chi connectivity index (χ0) is 28.9. The first-order valence-electron chi connectivity index (χ1n) is 13.7. The van der Waals surface area contributed by atoms with Crippen LogP contribution in [0.4, 0.5) is 4.39 Å². The first kappa shape index (κ1) is 27.6. The lowest BCUT2D eigenvalue weighted by atomic mass is 10.00. The molecule has 10 heteroatoms. The third kappa shape index (κ3) is 4.96. The smallest absolute Gasteiger partial charge is 0.269 e. The summed E-state index contributed by atoms with van der Waals surface area (Å²) in [7, 11) is -1.89. The van der Waals surface area contributed by atoms with Crippen molar-refractivity contribution in [3.8, 4) is 22.3 Å². The monoisotopic (exact) mass is 591 g/mol. The number of pyridine rings is 1. The van der Waals surface area contributed by atoms with E-state index >= 15 is 0 Å². The van der Waals surface area contributed by atoms with E-state index in [1.165, 1.54) is 16.1 Å². The SMILES string of the molecule is CCc1c(-c2cccc(F)c2)c2cc(-c3cn(C4CCN(C)CC4)nc3Cl)cnc2n1S(=O)(=O)c1ccc(C)cc1. The minimum absolute atomic E-state index is 0.161. The van der Waals surface area contributed by atoms with Gasteiger partial charge in [-0.2, -0.15) is 5.10 Å². The maximum absolute atomic E-state index is 14.5. The number of hydrogen-bond acceptors (Lipinski definition) is 5. The second kappa shape index (κ2) is 10.7. The van der Waals surface area contributed by atoms with Crippen LogP contribution in [0.5, 0.6) is 0 Å². The van der Waals surface area contributed by atoms with E-state index in [4.69, 9.17) is 16.6 Å². The van der Waals surface area contributed by atoms with E-state index < -0.39 is 15.8 Å². The Hall–Kier alpha value is -3.53. The van der Waals surface area contributed by atoms with Gasteiger partial charge in [0.2, 0.25) is 0 Å². The third-order valence-electron chi connectivity index (χ3n) is 7.93. The van der Waals surface area contributed by atoms with Crippen molar-refractivity contribution >= 4 is 32.7 Å². The molecule has 3 aromatic heterocycles. The molecule has 5 aromatic rings. The van der Waals surface area contributed by atoms with Crippen molar-refractivity contribution in [3.63, 3.8) is 0 Å². The number of rotatable bonds is 6. The van der Waals surface area contributed by atoms with Gasteiger partial charge in [-0.15, -0.1) is 0 Å². The normalized spacial score (nSPS) is 15.1. The summed E-state index contributed by atoms with van der Waals surface area (Å²) in [4.78, 5) is 7.17. The lowest BCUT2D eigenvalue weighted by Crippen LogP contribution is -2.31. The standard InChI is InChI=1S/C31H31ClFN5O2S/c1-4-28-29(21-6-5-7-23(33)16-21)26-17-22(27-19-37(35-30(27)32)24-12-14-36(3)15-13-24)18-34-31(26)38(28)41(39,40)25-10-8-20(2)9-11-25/h5-11,16-19,24H,4,12-15H2,1-3H3. The molecular formula is C31H31ClFN5O2S. The number of aryl methyl sites for hydroxylation is 1. The van der Waals surface area contributed by atoms with Crippen LogP contribution in [-0.4, -0.2) is 52.2 Å². The molecule has 1 aliphatic heterocycles. The van der Waals surface area contributed by atoms with Gasteiger partial charge >= 0.3 is 0 Å². The van der Waals surface area contributed by atoms with Crippen LogP contribution in [0.2, 0.25) is 5.15 Å². The number of piperidine rings is 1. The Labute approximate surface area is 244 Å². The average Bonchev–Trinajstić information content (AvgIpc) is 3.51. The average molecular weight is 592 g/mol. The quantitative estimate of drug-likeness (QED) is 0.219. The molecule has 0 unspecified atom stereocenters. The van der Waals surface area contributed by atoms with E-state index in [0.29, 0.717) is 39.3 Å². The molecule has 0 aliphatic carbocycles. The van der Waals surface area contributed by atoms with E-state index in [1.807, 2.05) is 30.8 Å². The summed E-state index contributed by atoms with van der Waals surface area (Å²) in [6.07, 6.45) is 5.94. The molecule has 4 heterocycles. The number of aromatic nitrogens is 4. The minimum Gasteiger partial charge on any atom is -0.306 e. The van der Waals surface area contributed by atoms with Gasteiger partial charge in [0.15, 0.2) is 10.8 Å². The molecule has 0 N–H and O–H groups in total. The molecule has 2 aromatic carbocycles. The molecule has 7 nitrogen and oxygen atoms in total. The zero-order valence-electron chi connectivity index (χ0n) is 23.2. The summed E-state index contributed by atoms with van der Waals surface area (Å²) in [5.41, 5.74) is 4.41. The molecule has 0 bridgehead atoms. The first-order chi connectivity index (χ1) is 19.7. The Morgan fingerprint density at radius 1 is 1.05 bits per heavy atom. The molecular weight excluding hydrogens is 561 g/mol. The fourth-order valence-electron chi connectivity index (χ4n) is 5.71. The zero-order valence-corrected chi connectivity index (χ0v) is 24.8. The first-order valence-corrected chi connectivity index (χ1v) is 15.5. The summed E-state index contributed by atoms with van der Waals surface area (Å²) in [5, 5.41) is 5.58. The minimum atomic E-state index is -4.01. The highest BCUT2D eigenvalue weighted by atomic mass is 35.5. The van der Waals surface area contributed by atoms with Gasteiger partial charge in [0.1, 0.15) is 5.82 Å². The fourth-order valence-corrected chi connectivity index (χ4v) is 7.53. The Morgan fingerprint density at radius 3 is 2.46 bits per heavy atom. The third-order valence-corrected chi connectivity index (χ3v) is 9.95. The van der Waals surface area contributed by atoms with E-state index in [1.54, 1.807) is 42.6 Å². The van der Waals surface area contributed by atoms with Gasteiger partial charge in [-0.05, 0) is 82.2 Å². The molecule has 1 aliphatic rings. The van der Waals surface area contributed by atoms with Crippen LogP contribution in [0.25, 0.3) is 33.3 Å². The molecule has 0 radical (unpaired) electrons. The van der Waals surface area contributed by atoms with Crippen LogP contribution < -0.4 is 0 Å². The summed E-state index contributed by atoms with van der Waals surface area (Å²) >= 11 is 6.66. The maximum atomic E-state index is 14.5. The molecule has 0 amide bonds. The number of fused-ring (bicyclic) bond motifs is 1. The van der Waals surface area contributed by atoms with E-state index in [2.05, 4.69) is 17.0 Å². The molecule has 0 atom stereocenters.